The molecule has 1 rings (SSSR count). The van der Waals surface area contributed by atoms with Crippen molar-refractivity contribution in [2.75, 3.05) is 33.2 Å². The second-order valence-electron chi connectivity index (χ2n) is 4.15. The lowest BCUT2D eigenvalue weighted by molar-refractivity contribution is 0.0474. The van der Waals surface area contributed by atoms with Gasteiger partial charge in [-0.05, 0) is 20.9 Å². The maximum atomic E-state index is 5.28. The molecule has 0 aromatic carbocycles. The molecular weight excluding hydrogens is 148 g/mol. The molecule has 0 spiro atoms. The highest BCUT2D eigenvalue weighted by Gasteiger charge is 2.30. The Morgan fingerprint density at radius 3 is 2.58 bits per heavy atom. The molecule has 1 heterocycles. The third-order valence-corrected chi connectivity index (χ3v) is 2.71. The van der Waals surface area contributed by atoms with E-state index in [1.54, 1.807) is 0 Å². The lowest BCUT2D eigenvalue weighted by atomic mass is 10.00. The highest BCUT2D eigenvalue weighted by Crippen LogP contribution is 2.17. The molecule has 1 saturated heterocycles. The van der Waals surface area contributed by atoms with Crippen LogP contribution >= 0.6 is 0 Å². The summed E-state index contributed by atoms with van der Waals surface area (Å²) in [6.45, 7) is 8.61. The number of likely N-dealkylation sites (N-methyl/N-ethyl adjacent to an activating group) is 1. The van der Waals surface area contributed by atoms with Crippen LogP contribution in [0.3, 0.4) is 0 Å². The molecule has 0 atom stereocenters. The van der Waals surface area contributed by atoms with Gasteiger partial charge in [0.25, 0.3) is 0 Å². The molecule has 0 radical (unpaired) electrons. The molecule has 1 aliphatic heterocycles. The number of rotatable bonds is 1. The van der Waals surface area contributed by atoms with Crippen molar-refractivity contribution in [2.45, 2.75) is 19.4 Å². The van der Waals surface area contributed by atoms with Gasteiger partial charge in [0, 0.05) is 25.2 Å². The highest BCUT2D eigenvalue weighted by molar-refractivity contribution is 4.94. The van der Waals surface area contributed by atoms with Crippen LogP contribution in [-0.4, -0.2) is 48.6 Å². The molecule has 68 valence electrons. The summed E-state index contributed by atoms with van der Waals surface area (Å²) >= 11 is 0. The molecule has 2 nitrogen and oxygen atoms in total. The van der Waals surface area contributed by atoms with Gasteiger partial charge in [0.15, 0.2) is 0 Å². The van der Waals surface area contributed by atoms with Crippen LogP contribution in [0, 0.1) is 12.3 Å². The first-order chi connectivity index (χ1) is 5.56. The molecule has 1 fully saturated rings. The molecule has 0 aromatic rings. The second kappa shape index (κ2) is 3.47. The number of piperazine rings is 1. The van der Waals surface area contributed by atoms with E-state index in [1.807, 2.05) is 0 Å². The van der Waals surface area contributed by atoms with Gasteiger partial charge in [-0.25, -0.2) is 0 Å². The van der Waals surface area contributed by atoms with Gasteiger partial charge in [0.2, 0.25) is 0 Å². The van der Waals surface area contributed by atoms with Crippen molar-refractivity contribution in [2.24, 2.45) is 0 Å². The lowest BCUT2D eigenvalue weighted by Gasteiger charge is -2.44. The van der Waals surface area contributed by atoms with Crippen molar-refractivity contribution >= 4 is 0 Å². The molecule has 0 saturated carbocycles. The van der Waals surface area contributed by atoms with E-state index in [9.17, 15) is 0 Å². The largest absolute Gasteiger partial charge is 0.299 e. The minimum absolute atomic E-state index is 0.273. The summed E-state index contributed by atoms with van der Waals surface area (Å²) in [6.07, 6.45) is 5.28. The van der Waals surface area contributed by atoms with Crippen molar-refractivity contribution in [3.05, 3.63) is 0 Å². The summed E-state index contributed by atoms with van der Waals surface area (Å²) in [5.74, 6) is 2.70. The fraction of sp³-hybridized carbons (Fsp3) is 0.800. The lowest BCUT2D eigenvalue weighted by Crippen LogP contribution is -2.57. The van der Waals surface area contributed by atoms with Crippen LogP contribution in [0.25, 0.3) is 0 Å². The fourth-order valence-electron chi connectivity index (χ4n) is 1.61. The van der Waals surface area contributed by atoms with Gasteiger partial charge >= 0.3 is 0 Å². The van der Waals surface area contributed by atoms with Gasteiger partial charge in [-0.2, -0.15) is 0 Å². The van der Waals surface area contributed by atoms with E-state index >= 15 is 0 Å². The first-order valence-electron chi connectivity index (χ1n) is 4.43. The molecule has 1 aliphatic rings. The van der Waals surface area contributed by atoms with Crippen LogP contribution in [-0.2, 0) is 0 Å². The molecule has 0 bridgehead atoms. The van der Waals surface area contributed by atoms with E-state index in [2.05, 4.69) is 36.6 Å². The monoisotopic (exact) mass is 166 g/mol. The van der Waals surface area contributed by atoms with E-state index in [0.29, 0.717) is 0 Å². The highest BCUT2D eigenvalue weighted by atomic mass is 15.3. The molecule has 0 unspecified atom stereocenters. The molecule has 12 heavy (non-hydrogen) atoms. The Hall–Kier alpha value is -0.520. The average molecular weight is 166 g/mol. The fourth-order valence-corrected chi connectivity index (χ4v) is 1.61. The first kappa shape index (κ1) is 9.57. The molecule has 2 heteroatoms. The van der Waals surface area contributed by atoms with Crippen molar-refractivity contribution in [3.63, 3.8) is 0 Å². The summed E-state index contributed by atoms with van der Waals surface area (Å²) in [6, 6.07) is 0. The van der Waals surface area contributed by atoms with Crippen LogP contribution in [0.4, 0.5) is 0 Å². The van der Waals surface area contributed by atoms with Gasteiger partial charge in [0.1, 0.15) is 0 Å². The zero-order valence-corrected chi connectivity index (χ0v) is 8.30. The van der Waals surface area contributed by atoms with Gasteiger partial charge in [0.05, 0.1) is 6.54 Å². The van der Waals surface area contributed by atoms with Crippen LogP contribution in [0.1, 0.15) is 13.8 Å². The molecule has 0 N–H and O–H groups in total. The Morgan fingerprint density at radius 2 is 2.08 bits per heavy atom. The zero-order valence-electron chi connectivity index (χ0n) is 8.30. The van der Waals surface area contributed by atoms with E-state index in [-0.39, 0.29) is 5.54 Å². The zero-order chi connectivity index (χ0) is 9.19. The van der Waals surface area contributed by atoms with E-state index in [4.69, 9.17) is 6.42 Å². The Kier molecular flexibility index (Phi) is 2.76. The van der Waals surface area contributed by atoms with E-state index < -0.39 is 0 Å². The van der Waals surface area contributed by atoms with Crippen LogP contribution in [0.5, 0.6) is 0 Å². The van der Waals surface area contributed by atoms with Gasteiger partial charge in [-0.1, -0.05) is 5.92 Å². The van der Waals surface area contributed by atoms with E-state index in [1.165, 1.54) is 0 Å². The summed E-state index contributed by atoms with van der Waals surface area (Å²) in [5, 5.41) is 0. The van der Waals surface area contributed by atoms with Crippen LogP contribution in [0.15, 0.2) is 0 Å². The number of terminal acetylenes is 1. The summed E-state index contributed by atoms with van der Waals surface area (Å²) in [4.78, 5) is 4.72. The standard InChI is InChI=1S/C10H18N2/c1-5-6-12-8-7-11(4)10(2,3)9-12/h1H,6-9H2,2-4H3. The maximum absolute atomic E-state index is 5.28. The number of nitrogens with zero attached hydrogens (tertiary/aromatic N) is 2. The van der Waals surface area contributed by atoms with Gasteiger partial charge < -0.3 is 0 Å². The molecule has 0 amide bonds. The predicted octanol–water partition coefficient (Wildman–Crippen LogP) is 0.646. The summed E-state index contributed by atoms with van der Waals surface area (Å²) in [7, 11) is 2.17. The summed E-state index contributed by atoms with van der Waals surface area (Å²) < 4.78 is 0. The van der Waals surface area contributed by atoms with Crippen molar-refractivity contribution in [1.29, 1.82) is 0 Å². The van der Waals surface area contributed by atoms with Gasteiger partial charge in [-0.15, -0.1) is 6.42 Å². The first-order valence-corrected chi connectivity index (χ1v) is 4.43. The number of hydrogen-bond acceptors (Lipinski definition) is 2. The minimum Gasteiger partial charge on any atom is -0.299 e. The third-order valence-electron chi connectivity index (χ3n) is 2.71. The topological polar surface area (TPSA) is 6.48 Å². The Morgan fingerprint density at radius 1 is 1.42 bits per heavy atom. The SMILES string of the molecule is C#CCN1CCN(C)C(C)(C)C1. The van der Waals surface area contributed by atoms with E-state index in [0.717, 1.165) is 26.2 Å². The van der Waals surface area contributed by atoms with Crippen molar-refractivity contribution < 1.29 is 0 Å². The predicted molar refractivity (Wildman–Crippen MR) is 52.0 cm³/mol. The van der Waals surface area contributed by atoms with Crippen molar-refractivity contribution in [1.82, 2.24) is 9.80 Å². The maximum Gasteiger partial charge on any atom is 0.0600 e. The Balaban J connectivity index is 2.52. The van der Waals surface area contributed by atoms with Crippen molar-refractivity contribution in [3.8, 4) is 12.3 Å². The quantitative estimate of drug-likeness (QED) is 0.528. The van der Waals surface area contributed by atoms with Gasteiger partial charge in [-0.3, -0.25) is 9.80 Å². The normalized spacial score (nSPS) is 25.2. The Bertz CT molecular complexity index is 191. The third kappa shape index (κ3) is 2.00. The van der Waals surface area contributed by atoms with Crippen LogP contribution in [0.2, 0.25) is 0 Å². The second-order valence-corrected chi connectivity index (χ2v) is 4.15. The average Bonchev–Trinajstić information content (AvgIpc) is 1.97. The minimum atomic E-state index is 0.273. The Labute approximate surface area is 75.5 Å². The van der Waals surface area contributed by atoms with Crippen LogP contribution < -0.4 is 0 Å². The molecule has 0 aromatic heterocycles. The molecule has 0 aliphatic carbocycles. The smallest absolute Gasteiger partial charge is 0.0600 e. The number of hydrogen-bond donors (Lipinski definition) is 0. The summed E-state index contributed by atoms with van der Waals surface area (Å²) in [5.41, 5.74) is 0.273. The molecular formula is C10H18N2.